The van der Waals surface area contributed by atoms with Crippen LogP contribution >= 0.6 is 0 Å². The molecule has 0 fully saturated rings. The van der Waals surface area contributed by atoms with Crippen LogP contribution in [0.15, 0.2) is 60.9 Å². The van der Waals surface area contributed by atoms with Crippen LogP contribution in [0.5, 0.6) is 0 Å². The highest BCUT2D eigenvalue weighted by Crippen LogP contribution is 2.22. The lowest BCUT2D eigenvalue weighted by Crippen LogP contribution is -2.27. The average Bonchev–Trinajstić information content (AvgIpc) is 2.74. The Morgan fingerprint density at radius 2 is 1.35 bits per heavy atom. The van der Waals surface area contributed by atoms with Gasteiger partial charge in [0.05, 0.1) is 11.1 Å². The third-order valence-electron chi connectivity index (χ3n) is 2.98. The number of fused-ring (bicyclic) bond motifs is 1. The first-order chi connectivity index (χ1) is 9.77. The van der Waals surface area contributed by atoms with Crippen LogP contribution < -0.4 is 0 Å². The molecule has 0 aliphatic carbocycles. The minimum Gasteiger partial charge on any atom is -0.376 e. The van der Waals surface area contributed by atoms with Crippen LogP contribution in [0, 0.1) is 0 Å². The highest BCUT2D eigenvalue weighted by molar-refractivity contribution is 6.20. The van der Waals surface area contributed by atoms with Crippen molar-refractivity contribution in [3.8, 4) is 0 Å². The van der Waals surface area contributed by atoms with Gasteiger partial charge >= 0.3 is 0 Å². The number of hydrogen-bond donors (Lipinski definition) is 0. The van der Waals surface area contributed by atoms with Gasteiger partial charge in [-0.1, -0.05) is 47.5 Å². The molecule has 0 N–H and O–H groups in total. The van der Waals surface area contributed by atoms with E-state index in [0.717, 1.165) is 10.6 Å². The molecular weight excluding hydrogens is 254 g/mol. The second-order valence-electron chi connectivity index (χ2n) is 4.27. The van der Waals surface area contributed by atoms with Gasteiger partial charge in [-0.05, 0) is 23.8 Å². The van der Waals surface area contributed by atoms with Crippen molar-refractivity contribution in [1.29, 1.82) is 0 Å². The summed E-state index contributed by atoms with van der Waals surface area (Å²) in [5.41, 5.74) is 1.65. The topological polar surface area (TPSA) is 46.6 Å². The fraction of sp³-hybridized carbons (Fsp3) is 0. The first kappa shape index (κ1) is 12.2. The summed E-state index contributed by atoms with van der Waals surface area (Å²) in [4.78, 5) is 29.2. The van der Waals surface area contributed by atoms with Crippen molar-refractivity contribution in [1.82, 2.24) is 5.06 Å². The Hall–Kier alpha value is -2.88. The van der Waals surface area contributed by atoms with Gasteiger partial charge in [0.25, 0.3) is 11.8 Å². The molecule has 0 aromatic heterocycles. The largest absolute Gasteiger partial charge is 0.376 e. The van der Waals surface area contributed by atoms with Gasteiger partial charge in [0.1, 0.15) is 6.26 Å². The molecule has 3 rings (SSSR count). The summed E-state index contributed by atoms with van der Waals surface area (Å²) < 4.78 is 0. The van der Waals surface area contributed by atoms with Crippen molar-refractivity contribution in [3.63, 3.8) is 0 Å². The van der Waals surface area contributed by atoms with Gasteiger partial charge in [0.15, 0.2) is 0 Å². The van der Waals surface area contributed by atoms with E-state index in [1.165, 1.54) is 6.26 Å². The number of amides is 2. The standard InChI is InChI=1S/C16H11NO3/c18-15-13-8-4-5-9-14(13)16(19)17(15)20-11-10-12-6-2-1-3-7-12/h1-11H/b11-10+. The number of benzene rings is 2. The molecule has 20 heavy (non-hydrogen) atoms. The smallest absolute Gasteiger partial charge is 0.295 e. The maximum atomic E-state index is 12.0. The van der Waals surface area contributed by atoms with Crippen molar-refractivity contribution in [3.05, 3.63) is 77.5 Å². The Labute approximate surface area is 115 Å². The molecule has 0 radical (unpaired) electrons. The molecular formula is C16H11NO3. The van der Waals surface area contributed by atoms with Gasteiger partial charge in [0.2, 0.25) is 0 Å². The Bertz CT molecular complexity index is 657. The summed E-state index contributed by atoms with van der Waals surface area (Å²) in [5, 5.41) is 0.768. The Kier molecular flexibility index (Phi) is 3.05. The summed E-state index contributed by atoms with van der Waals surface area (Å²) >= 11 is 0. The third-order valence-corrected chi connectivity index (χ3v) is 2.98. The SMILES string of the molecule is O=C1c2ccccc2C(=O)N1O/C=C/c1ccccc1. The van der Waals surface area contributed by atoms with E-state index in [1.54, 1.807) is 30.3 Å². The molecule has 1 aliphatic rings. The van der Waals surface area contributed by atoms with E-state index in [9.17, 15) is 9.59 Å². The minimum absolute atomic E-state index is 0.366. The third kappa shape index (κ3) is 2.07. The molecule has 0 atom stereocenters. The normalized spacial score (nSPS) is 13.9. The van der Waals surface area contributed by atoms with Crippen molar-refractivity contribution in [2.24, 2.45) is 0 Å². The Morgan fingerprint density at radius 3 is 1.95 bits per heavy atom. The van der Waals surface area contributed by atoms with Crippen molar-refractivity contribution in [2.75, 3.05) is 0 Å². The van der Waals surface area contributed by atoms with Crippen molar-refractivity contribution in [2.45, 2.75) is 0 Å². The number of hydrogen-bond acceptors (Lipinski definition) is 3. The number of carbonyl (C=O) groups is 2. The lowest BCUT2D eigenvalue weighted by Gasteiger charge is -2.10. The van der Waals surface area contributed by atoms with Gasteiger partial charge in [0, 0.05) is 0 Å². The predicted octanol–water partition coefficient (Wildman–Crippen LogP) is 2.89. The molecule has 2 aromatic carbocycles. The fourth-order valence-corrected chi connectivity index (χ4v) is 2.00. The zero-order chi connectivity index (χ0) is 13.9. The van der Waals surface area contributed by atoms with Crippen molar-refractivity contribution >= 4 is 17.9 Å². The molecule has 0 unspecified atom stereocenters. The Morgan fingerprint density at radius 1 is 0.800 bits per heavy atom. The predicted molar refractivity (Wildman–Crippen MR) is 73.5 cm³/mol. The van der Waals surface area contributed by atoms with Gasteiger partial charge < -0.3 is 4.84 Å². The van der Waals surface area contributed by atoms with E-state index in [2.05, 4.69) is 0 Å². The number of hydroxylamine groups is 2. The molecule has 0 bridgehead atoms. The molecule has 4 nitrogen and oxygen atoms in total. The summed E-state index contributed by atoms with van der Waals surface area (Å²) in [5.74, 6) is -0.883. The van der Waals surface area contributed by atoms with Crippen LogP contribution in [0.25, 0.3) is 6.08 Å². The van der Waals surface area contributed by atoms with Crippen molar-refractivity contribution < 1.29 is 14.4 Å². The van der Waals surface area contributed by atoms with E-state index in [0.29, 0.717) is 11.1 Å². The average molecular weight is 265 g/mol. The Balaban J connectivity index is 1.76. The molecule has 0 saturated heterocycles. The van der Waals surface area contributed by atoms with E-state index in [1.807, 2.05) is 30.3 Å². The highest BCUT2D eigenvalue weighted by atomic mass is 16.7. The molecule has 4 heteroatoms. The molecule has 0 spiro atoms. The number of rotatable bonds is 3. The number of imide groups is 1. The molecule has 98 valence electrons. The minimum atomic E-state index is -0.441. The van der Waals surface area contributed by atoms with E-state index in [4.69, 9.17) is 4.84 Å². The maximum Gasteiger partial charge on any atom is 0.295 e. The molecule has 2 aromatic rings. The summed E-state index contributed by atoms with van der Waals surface area (Å²) in [7, 11) is 0. The number of carbonyl (C=O) groups excluding carboxylic acids is 2. The van der Waals surface area contributed by atoms with Gasteiger partial charge in [-0.25, -0.2) is 0 Å². The fourth-order valence-electron chi connectivity index (χ4n) is 2.00. The van der Waals surface area contributed by atoms with Gasteiger partial charge in [-0.2, -0.15) is 0 Å². The summed E-state index contributed by atoms with van der Waals surface area (Å²) in [6, 6.07) is 16.1. The zero-order valence-corrected chi connectivity index (χ0v) is 10.5. The van der Waals surface area contributed by atoms with Gasteiger partial charge in [-0.3, -0.25) is 9.59 Å². The molecule has 0 saturated carbocycles. The van der Waals surface area contributed by atoms with Crippen LogP contribution in [0.1, 0.15) is 26.3 Å². The van der Waals surface area contributed by atoms with Crippen LogP contribution in [-0.4, -0.2) is 16.9 Å². The molecule has 2 amide bonds. The monoisotopic (exact) mass is 265 g/mol. The van der Waals surface area contributed by atoms with E-state index >= 15 is 0 Å². The maximum absolute atomic E-state index is 12.0. The van der Waals surface area contributed by atoms with E-state index < -0.39 is 11.8 Å². The zero-order valence-electron chi connectivity index (χ0n) is 10.5. The second kappa shape index (κ2) is 5.01. The first-order valence-corrected chi connectivity index (χ1v) is 6.13. The number of nitrogens with zero attached hydrogens (tertiary/aromatic N) is 1. The van der Waals surface area contributed by atoms with Crippen LogP contribution in [0.2, 0.25) is 0 Å². The highest BCUT2D eigenvalue weighted by Gasteiger charge is 2.36. The van der Waals surface area contributed by atoms with Crippen LogP contribution in [0.4, 0.5) is 0 Å². The van der Waals surface area contributed by atoms with Crippen LogP contribution in [-0.2, 0) is 4.84 Å². The lowest BCUT2D eigenvalue weighted by molar-refractivity contribution is -0.0419. The summed E-state index contributed by atoms with van der Waals surface area (Å²) in [6.45, 7) is 0. The van der Waals surface area contributed by atoms with E-state index in [-0.39, 0.29) is 0 Å². The quantitative estimate of drug-likeness (QED) is 0.633. The lowest BCUT2D eigenvalue weighted by atomic mass is 10.1. The summed E-state index contributed by atoms with van der Waals surface area (Å²) in [6.07, 6.45) is 3.01. The first-order valence-electron chi connectivity index (χ1n) is 6.13. The second-order valence-corrected chi connectivity index (χ2v) is 4.27. The van der Waals surface area contributed by atoms with Gasteiger partial charge in [-0.15, -0.1) is 0 Å². The molecule has 1 aliphatic heterocycles. The van der Waals surface area contributed by atoms with Crippen LogP contribution in [0.3, 0.4) is 0 Å². The molecule has 1 heterocycles.